The standard InChI is InChI=1S/C14H17N3O/c1-8-3-5-16-14-12(8)13(9(2)17-14)11-7-10(18)4-6-15-11/h3,5,11,15H,4,6-7H2,1-2H3,(H,16,17). The van der Waals surface area contributed by atoms with Gasteiger partial charge < -0.3 is 10.3 Å². The first-order chi connectivity index (χ1) is 8.66. The highest BCUT2D eigenvalue weighted by molar-refractivity contribution is 5.87. The van der Waals surface area contributed by atoms with Gasteiger partial charge in [0.2, 0.25) is 0 Å². The van der Waals surface area contributed by atoms with E-state index >= 15 is 0 Å². The molecule has 18 heavy (non-hydrogen) atoms. The van der Waals surface area contributed by atoms with Crippen LogP contribution in [-0.2, 0) is 4.79 Å². The van der Waals surface area contributed by atoms with Crippen molar-refractivity contribution in [3.63, 3.8) is 0 Å². The summed E-state index contributed by atoms with van der Waals surface area (Å²) >= 11 is 0. The number of Topliss-reactive ketones (excluding diaryl/α,β-unsaturated/α-hetero) is 1. The van der Waals surface area contributed by atoms with Gasteiger partial charge in [0.1, 0.15) is 11.4 Å². The molecule has 1 saturated heterocycles. The van der Waals surface area contributed by atoms with Crippen LogP contribution in [0.1, 0.15) is 35.7 Å². The van der Waals surface area contributed by atoms with Crippen molar-refractivity contribution in [3.05, 3.63) is 29.1 Å². The zero-order valence-corrected chi connectivity index (χ0v) is 10.7. The average molecular weight is 243 g/mol. The van der Waals surface area contributed by atoms with Gasteiger partial charge in [-0.1, -0.05) is 0 Å². The maximum absolute atomic E-state index is 11.6. The van der Waals surface area contributed by atoms with E-state index in [2.05, 4.69) is 29.1 Å². The Morgan fingerprint density at radius 1 is 1.39 bits per heavy atom. The minimum Gasteiger partial charge on any atom is -0.343 e. The molecule has 1 fully saturated rings. The molecule has 1 aliphatic heterocycles. The molecule has 0 aliphatic carbocycles. The summed E-state index contributed by atoms with van der Waals surface area (Å²) in [6, 6.07) is 2.15. The Hall–Kier alpha value is -1.68. The molecular weight excluding hydrogens is 226 g/mol. The molecule has 3 rings (SSSR count). The quantitative estimate of drug-likeness (QED) is 0.807. The van der Waals surface area contributed by atoms with Crippen LogP contribution in [0.4, 0.5) is 0 Å². The highest BCUT2D eigenvalue weighted by Crippen LogP contribution is 2.32. The number of aryl methyl sites for hydroxylation is 2. The van der Waals surface area contributed by atoms with Gasteiger partial charge >= 0.3 is 0 Å². The summed E-state index contributed by atoms with van der Waals surface area (Å²) in [4.78, 5) is 19.3. The van der Waals surface area contributed by atoms with E-state index in [1.54, 1.807) is 0 Å². The number of carbonyl (C=O) groups is 1. The van der Waals surface area contributed by atoms with Gasteiger partial charge in [0.05, 0.1) is 0 Å². The molecule has 1 unspecified atom stereocenters. The molecule has 0 amide bonds. The van der Waals surface area contributed by atoms with E-state index in [0.717, 1.165) is 17.9 Å². The minimum absolute atomic E-state index is 0.128. The Balaban J connectivity index is 2.15. The zero-order valence-electron chi connectivity index (χ0n) is 10.7. The first kappa shape index (κ1) is 11.4. The second-order valence-electron chi connectivity index (χ2n) is 5.01. The van der Waals surface area contributed by atoms with Gasteiger partial charge in [-0.2, -0.15) is 0 Å². The lowest BCUT2D eigenvalue weighted by Crippen LogP contribution is -2.32. The van der Waals surface area contributed by atoms with Crippen LogP contribution in [0.25, 0.3) is 11.0 Å². The summed E-state index contributed by atoms with van der Waals surface area (Å²) in [7, 11) is 0. The minimum atomic E-state index is 0.128. The monoisotopic (exact) mass is 243 g/mol. The number of piperidine rings is 1. The molecule has 2 N–H and O–H groups in total. The van der Waals surface area contributed by atoms with Gasteiger partial charge in [0, 0.05) is 42.7 Å². The zero-order chi connectivity index (χ0) is 12.7. The molecule has 0 radical (unpaired) electrons. The summed E-state index contributed by atoms with van der Waals surface area (Å²) < 4.78 is 0. The maximum Gasteiger partial charge on any atom is 0.138 e. The number of fused-ring (bicyclic) bond motifs is 1. The molecule has 4 nitrogen and oxygen atoms in total. The van der Waals surface area contributed by atoms with E-state index < -0.39 is 0 Å². The van der Waals surface area contributed by atoms with Gasteiger partial charge in [-0.25, -0.2) is 4.98 Å². The number of nitrogens with one attached hydrogen (secondary N) is 2. The fourth-order valence-corrected chi connectivity index (χ4v) is 2.85. The Morgan fingerprint density at radius 3 is 3.00 bits per heavy atom. The molecule has 4 heteroatoms. The van der Waals surface area contributed by atoms with Gasteiger partial charge in [-0.15, -0.1) is 0 Å². The molecule has 1 atom stereocenters. The van der Waals surface area contributed by atoms with Crippen LogP contribution in [0.15, 0.2) is 12.3 Å². The van der Waals surface area contributed by atoms with Crippen LogP contribution in [0, 0.1) is 13.8 Å². The van der Waals surface area contributed by atoms with Gasteiger partial charge in [0.25, 0.3) is 0 Å². The molecule has 1 aliphatic rings. The van der Waals surface area contributed by atoms with Crippen molar-refractivity contribution in [2.24, 2.45) is 0 Å². The summed E-state index contributed by atoms with van der Waals surface area (Å²) in [6.45, 7) is 4.91. The molecule has 3 heterocycles. The molecular formula is C14H17N3O. The third-order valence-corrected chi connectivity index (χ3v) is 3.71. The Labute approximate surface area is 106 Å². The van der Waals surface area contributed by atoms with Crippen molar-refractivity contribution in [1.29, 1.82) is 0 Å². The number of aromatic nitrogens is 2. The predicted molar refractivity (Wildman–Crippen MR) is 70.6 cm³/mol. The number of pyridine rings is 1. The van der Waals surface area contributed by atoms with Crippen molar-refractivity contribution in [2.45, 2.75) is 32.7 Å². The number of nitrogens with zero attached hydrogens (tertiary/aromatic N) is 1. The third kappa shape index (κ3) is 1.73. The number of carbonyl (C=O) groups excluding carboxylic acids is 1. The summed E-state index contributed by atoms with van der Waals surface area (Å²) in [5.74, 6) is 0.342. The lowest BCUT2D eigenvalue weighted by molar-refractivity contribution is -0.120. The van der Waals surface area contributed by atoms with Crippen molar-refractivity contribution in [2.75, 3.05) is 6.54 Å². The average Bonchev–Trinajstić information content (AvgIpc) is 2.67. The summed E-state index contributed by atoms with van der Waals surface area (Å²) in [5.41, 5.74) is 4.45. The number of hydrogen-bond donors (Lipinski definition) is 2. The first-order valence-electron chi connectivity index (χ1n) is 6.35. The molecule has 2 aromatic rings. The Bertz CT molecular complexity index is 615. The van der Waals surface area contributed by atoms with Crippen molar-refractivity contribution in [1.82, 2.24) is 15.3 Å². The molecule has 0 saturated carbocycles. The van der Waals surface area contributed by atoms with E-state index in [-0.39, 0.29) is 6.04 Å². The SMILES string of the molecule is Cc1[nH]c2nccc(C)c2c1C1CC(=O)CCN1. The smallest absolute Gasteiger partial charge is 0.138 e. The molecule has 0 spiro atoms. The maximum atomic E-state index is 11.6. The Kier molecular flexibility index (Phi) is 2.67. The van der Waals surface area contributed by atoms with Crippen molar-refractivity contribution >= 4 is 16.8 Å². The first-order valence-corrected chi connectivity index (χ1v) is 6.35. The second-order valence-corrected chi connectivity index (χ2v) is 5.01. The lowest BCUT2D eigenvalue weighted by Gasteiger charge is -2.23. The topological polar surface area (TPSA) is 57.8 Å². The number of hydrogen-bond acceptors (Lipinski definition) is 3. The van der Waals surface area contributed by atoms with Crippen LogP contribution >= 0.6 is 0 Å². The van der Waals surface area contributed by atoms with Crippen LogP contribution in [0.5, 0.6) is 0 Å². The summed E-state index contributed by atoms with van der Waals surface area (Å²) in [5, 5.41) is 4.61. The van der Waals surface area contributed by atoms with Crippen molar-refractivity contribution < 1.29 is 4.79 Å². The second kappa shape index (κ2) is 4.21. The van der Waals surface area contributed by atoms with Crippen LogP contribution < -0.4 is 5.32 Å². The van der Waals surface area contributed by atoms with E-state index in [1.807, 2.05) is 12.3 Å². The molecule has 94 valence electrons. The highest BCUT2D eigenvalue weighted by Gasteiger charge is 2.25. The van der Waals surface area contributed by atoms with E-state index in [0.29, 0.717) is 18.6 Å². The number of aromatic amines is 1. The van der Waals surface area contributed by atoms with Crippen LogP contribution in [-0.4, -0.2) is 22.3 Å². The van der Waals surface area contributed by atoms with E-state index in [4.69, 9.17) is 0 Å². The summed E-state index contributed by atoms with van der Waals surface area (Å²) in [6.07, 6.45) is 3.05. The fraction of sp³-hybridized carbons (Fsp3) is 0.429. The molecule has 0 aromatic carbocycles. The highest BCUT2D eigenvalue weighted by atomic mass is 16.1. The van der Waals surface area contributed by atoms with Gasteiger partial charge in [-0.3, -0.25) is 4.79 Å². The lowest BCUT2D eigenvalue weighted by atomic mass is 9.93. The van der Waals surface area contributed by atoms with Crippen LogP contribution in [0.2, 0.25) is 0 Å². The number of rotatable bonds is 1. The number of H-pyrrole nitrogens is 1. The predicted octanol–water partition coefficient (Wildman–Crippen LogP) is 2.17. The van der Waals surface area contributed by atoms with Gasteiger partial charge in [0.15, 0.2) is 0 Å². The third-order valence-electron chi connectivity index (χ3n) is 3.71. The molecule has 2 aromatic heterocycles. The van der Waals surface area contributed by atoms with Crippen LogP contribution in [0.3, 0.4) is 0 Å². The Morgan fingerprint density at radius 2 is 2.22 bits per heavy atom. The molecule has 0 bridgehead atoms. The van der Waals surface area contributed by atoms with Gasteiger partial charge in [-0.05, 0) is 31.0 Å². The van der Waals surface area contributed by atoms with Crippen molar-refractivity contribution in [3.8, 4) is 0 Å². The number of ketones is 1. The normalized spacial score (nSPS) is 20.6. The van der Waals surface area contributed by atoms with E-state index in [9.17, 15) is 4.79 Å². The fourth-order valence-electron chi connectivity index (χ4n) is 2.85. The van der Waals surface area contributed by atoms with E-state index in [1.165, 1.54) is 16.5 Å². The largest absolute Gasteiger partial charge is 0.343 e.